The number of nitrogens with zero attached hydrogens (tertiary/aromatic N) is 1. The maximum atomic E-state index is 12.2. The summed E-state index contributed by atoms with van der Waals surface area (Å²) in [5.41, 5.74) is 3.21. The fourth-order valence-electron chi connectivity index (χ4n) is 2.15. The van der Waals surface area contributed by atoms with Gasteiger partial charge in [-0.05, 0) is 36.8 Å². The maximum Gasteiger partial charge on any atom is 0.258 e. The van der Waals surface area contributed by atoms with Gasteiger partial charge in [-0.3, -0.25) is 10.1 Å². The molecule has 1 heterocycles. The Labute approximate surface area is 122 Å². The third-order valence-corrected chi connectivity index (χ3v) is 3.29. The Morgan fingerprint density at radius 1 is 1.24 bits per heavy atom. The van der Waals surface area contributed by atoms with E-state index in [1.54, 1.807) is 19.2 Å². The largest absolute Gasteiger partial charge is 0.496 e. The minimum Gasteiger partial charge on any atom is -0.496 e. The lowest BCUT2D eigenvalue weighted by molar-refractivity contribution is 0.102. The summed E-state index contributed by atoms with van der Waals surface area (Å²) in [5, 5.41) is 2.76. The van der Waals surface area contributed by atoms with Crippen LogP contribution in [0.1, 0.15) is 15.9 Å². The number of para-hydroxylation sites is 2. The van der Waals surface area contributed by atoms with E-state index in [0.29, 0.717) is 17.3 Å². The van der Waals surface area contributed by atoms with Gasteiger partial charge in [-0.25, -0.2) is 4.98 Å². The second-order valence-corrected chi connectivity index (χ2v) is 4.74. The number of hydrogen-bond acceptors (Lipinski definition) is 3. The molecule has 3 rings (SSSR count). The summed E-state index contributed by atoms with van der Waals surface area (Å²) >= 11 is 0. The van der Waals surface area contributed by atoms with Crippen molar-refractivity contribution >= 4 is 22.9 Å². The Kier molecular flexibility index (Phi) is 3.31. The molecule has 0 radical (unpaired) electrons. The van der Waals surface area contributed by atoms with Gasteiger partial charge in [0.1, 0.15) is 5.75 Å². The number of hydrogen-bond donors (Lipinski definition) is 2. The number of H-pyrrole nitrogens is 1. The zero-order valence-corrected chi connectivity index (χ0v) is 11.8. The number of aryl methyl sites for hydroxylation is 1. The average molecular weight is 281 g/mol. The van der Waals surface area contributed by atoms with E-state index in [1.807, 2.05) is 37.3 Å². The number of carbonyl (C=O) groups excluding carboxylic acids is 1. The van der Waals surface area contributed by atoms with Gasteiger partial charge >= 0.3 is 0 Å². The van der Waals surface area contributed by atoms with Crippen LogP contribution in [-0.2, 0) is 0 Å². The number of aromatic nitrogens is 2. The van der Waals surface area contributed by atoms with Crippen LogP contribution in [0.3, 0.4) is 0 Å². The normalized spacial score (nSPS) is 10.6. The van der Waals surface area contributed by atoms with Gasteiger partial charge in [0.25, 0.3) is 5.91 Å². The van der Waals surface area contributed by atoms with Crippen LogP contribution in [0.25, 0.3) is 11.0 Å². The van der Waals surface area contributed by atoms with Crippen LogP contribution in [0.4, 0.5) is 5.95 Å². The summed E-state index contributed by atoms with van der Waals surface area (Å²) < 4.78 is 5.23. The van der Waals surface area contributed by atoms with E-state index in [4.69, 9.17) is 4.74 Å². The molecule has 0 aliphatic heterocycles. The Morgan fingerprint density at radius 3 is 2.81 bits per heavy atom. The number of benzene rings is 2. The predicted octanol–water partition coefficient (Wildman–Crippen LogP) is 3.13. The van der Waals surface area contributed by atoms with Crippen molar-refractivity contribution in [3.63, 3.8) is 0 Å². The SMILES string of the molecule is COc1cc(C(=O)Nc2nc3ccccc3[nH]2)ccc1C. The van der Waals surface area contributed by atoms with Crippen molar-refractivity contribution in [2.24, 2.45) is 0 Å². The van der Waals surface area contributed by atoms with E-state index in [2.05, 4.69) is 15.3 Å². The molecule has 5 heteroatoms. The average Bonchev–Trinajstić information content (AvgIpc) is 2.89. The summed E-state index contributed by atoms with van der Waals surface area (Å²) in [6, 6.07) is 12.9. The number of nitrogens with one attached hydrogen (secondary N) is 2. The molecule has 21 heavy (non-hydrogen) atoms. The molecule has 0 unspecified atom stereocenters. The van der Waals surface area contributed by atoms with Crippen molar-refractivity contribution in [2.75, 3.05) is 12.4 Å². The lowest BCUT2D eigenvalue weighted by Gasteiger charge is -2.07. The van der Waals surface area contributed by atoms with E-state index in [-0.39, 0.29) is 5.91 Å². The first-order valence-electron chi connectivity index (χ1n) is 6.58. The fourth-order valence-corrected chi connectivity index (χ4v) is 2.15. The molecule has 1 amide bonds. The van der Waals surface area contributed by atoms with E-state index in [0.717, 1.165) is 16.6 Å². The van der Waals surface area contributed by atoms with Gasteiger partial charge in [0.05, 0.1) is 18.1 Å². The van der Waals surface area contributed by atoms with Crippen molar-refractivity contribution in [2.45, 2.75) is 6.92 Å². The smallest absolute Gasteiger partial charge is 0.258 e. The van der Waals surface area contributed by atoms with Gasteiger partial charge in [0.15, 0.2) is 0 Å². The second kappa shape index (κ2) is 5.28. The maximum absolute atomic E-state index is 12.2. The first-order valence-corrected chi connectivity index (χ1v) is 6.58. The third-order valence-electron chi connectivity index (χ3n) is 3.29. The molecule has 0 saturated carbocycles. The van der Waals surface area contributed by atoms with Crippen LogP contribution in [0.15, 0.2) is 42.5 Å². The van der Waals surface area contributed by atoms with Crippen LogP contribution in [-0.4, -0.2) is 23.0 Å². The topological polar surface area (TPSA) is 67.0 Å². The highest BCUT2D eigenvalue weighted by Crippen LogP contribution is 2.20. The molecule has 2 aromatic carbocycles. The van der Waals surface area contributed by atoms with Gasteiger partial charge in [-0.2, -0.15) is 0 Å². The van der Waals surface area contributed by atoms with Crippen molar-refractivity contribution in [1.29, 1.82) is 0 Å². The van der Waals surface area contributed by atoms with Crippen LogP contribution in [0.2, 0.25) is 0 Å². The van der Waals surface area contributed by atoms with Crippen molar-refractivity contribution in [3.05, 3.63) is 53.6 Å². The molecule has 0 spiro atoms. The number of ether oxygens (including phenoxy) is 1. The summed E-state index contributed by atoms with van der Waals surface area (Å²) in [5.74, 6) is 0.889. The van der Waals surface area contributed by atoms with E-state index >= 15 is 0 Å². The number of anilines is 1. The summed E-state index contributed by atoms with van der Waals surface area (Å²) in [4.78, 5) is 19.6. The highest BCUT2D eigenvalue weighted by molar-refractivity contribution is 6.04. The molecule has 0 fully saturated rings. The van der Waals surface area contributed by atoms with Gasteiger partial charge in [-0.1, -0.05) is 18.2 Å². The number of fused-ring (bicyclic) bond motifs is 1. The number of amides is 1. The Balaban J connectivity index is 1.85. The molecule has 1 aromatic heterocycles. The van der Waals surface area contributed by atoms with E-state index in [1.165, 1.54) is 0 Å². The minimum absolute atomic E-state index is 0.229. The molecule has 0 bridgehead atoms. The summed E-state index contributed by atoms with van der Waals surface area (Å²) in [6.45, 7) is 1.93. The number of aromatic amines is 1. The zero-order chi connectivity index (χ0) is 14.8. The first kappa shape index (κ1) is 13.2. The molecule has 106 valence electrons. The number of imidazole rings is 1. The number of methoxy groups -OCH3 is 1. The highest BCUT2D eigenvalue weighted by Gasteiger charge is 2.11. The second-order valence-electron chi connectivity index (χ2n) is 4.74. The molecule has 5 nitrogen and oxygen atoms in total. The van der Waals surface area contributed by atoms with Gasteiger partial charge in [0, 0.05) is 5.56 Å². The van der Waals surface area contributed by atoms with E-state index in [9.17, 15) is 4.79 Å². The molecular weight excluding hydrogens is 266 g/mol. The minimum atomic E-state index is -0.229. The van der Waals surface area contributed by atoms with Crippen LogP contribution in [0.5, 0.6) is 5.75 Å². The third kappa shape index (κ3) is 2.58. The van der Waals surface area contributed by atoms with Crippen molar-refractivity contribution in [3.8, 4) is 5.75 Å². The monoisotopic (exact) mass is 281 g/mol. The summed E-state index contributed by atoms with van der Waals surface area (Å²) in [7, 11) is 1.59. The fraction of sp³-hybridized carbons (Fsp3) is 0.125. The molecule has 0 aliphatic carbocycles. The molecule has 0 atom stereocenters. The van der Waals surface area contributed by atoms with Crippen LogP contribution in [0, 0.1) is 6.92 Å². The molecule has 0 aliphatic rings. The lowest BCUT2D eigenvalue weighted by Crippen LogP contribution is -2.13. The first-order chi connectivity index (χ1) is 10.2. The summed E-state index contributed by atoms with van der Waals surface area (Å²) in [6.07, 6.45) is 0. The number of carbonyl (C=O) groups is 1. The van der Waals surface area contributed by atoms with Crippen LogP contribution >= 0.6 is 0 Å². The number of rotatable bonds is 3. The van der Waals surface area contributed by atoms with Gasteiger partial charge < -0.3 is 9.72 Å². The Bertz CT molecular complexity index is 775. The van der Waals surface area contributed by atoms with Crippen molar-refractivity contribution < 1.29 is 9.53 Å². The Morgan fingerprint density at radius 2 is 2.05 bits per heavy atom. The molecule has 0 saturated heterocycles. The standard InChI is InChI=1S/C16H15N3O2/c1-10-7-8-11(9-14(10)21-2)15(20)19-16-17-12-5-3-4-6-13(12)18-16/h3-9H,1-2H3,(H2,17,18,19,20). The van der Waals surface area contributed by atoms with Crippen LogP contribution < -0.4 is 10.1 Å². The molecule has 2 N–H and O–H groups in total. The molecule has 3 aromatic rings. The lowest BCUT2D eigenvalue weighted by atomic mass is 10.1. The van der Waals surface area contributed by atoms with Crippen molar-refractivity contribution in [1.82, 2.24) is 9.97 Å². The predicted molar refractivity (Wildman–Crippen MR) is 81.8 cm³/mol. The Hall–Kier alpha value is -2.82. The van der Waals surface area contributed by atoms with Gasteiger partial charge in [-0.15, -0.1) is 0 Å². The zero-order valence-electron chi connectivity index (χ0n) is 11.8. The quantitative estimate of drug-likeness (QED) is 0.775. The van der Waals surface area contributed by atoms with Gasteiger partial charge in [0.2, 0.25) is 5.95 Å². The van der Waals surface area contributed by atoms with E-state index < -0.39 is 0 Å². The highest BCUT2D eigenvalue weighted by atomic mass is 16.5. The molecular formula is C16H15N3O2.